The Bertz CT molecular complexity index is 479. The van der Waals surface area contributed by atoms with Gasteiger partial charge in [-0.2, -0.15) is 0 Å². The molecular weight excluding hydrogens is 270 g/mol. The van der Waals surface area contributed by atoms with E-state index in [-0.39, 0.29) is 11.6 Å². The topological polar surface area (TPSA) is 84.3 Å². The summed E-state index contributed by atoms with van der Waals surface area (Å²) in [7, 11) is 0. The van der Waals surface area contributed by atoms with E-state index in [1.807, 2.05) is 6.92 Å². The zero-order chi connectivity index (χ0) is 14.4. The average molecular weight is 286 g/mol. The fourth-order valence-corrected chi connectivity index (χ4v) is 1.68. The largest absolute Gasteiger partial charge is 0.355 e. The van der Waals surface area contributed by atoms with Crippen LogP contribution in [0, 0.1) is 10.1 Å². The number of nitrogens with one attached hydrogen (secondary N) is 2. The number of nitro benzene ring substituents is 1. The number of halogens is 1. The van der Waals surface area contributed by atoms with E-state index in [0.717, 1.165) is 0 Å². The van der Waals surface area contributed by atoms with Gasteiger partial charge in [0.15, 0.2) is 0 Å². The monoisotopic (exact) mass is 285 g/mol. The number of rotatable bonds is 6. The molecule has 1 aromatic carbocycles. The first-order valence-corrected chi connectivity index (χ1v) is 6.27. The normalized spacial score (nSPS) is 11.9. The van der Waals surface area contributed by atoms with Gasteiger partial charge in [-0.25, -0.2) is 0 Å². The molecule has 0 saturated heterocycles. The van der Waals surface area contributed by atoms with Crippen molar-refractivity contribution in [3.63, 3.8) is 0 Å². The van der Waals surface area contributed by atoms with Gasteiger partial charge < -0.3 is 10.6 Å². The third-order valence-electron chi connectivity index (χ3n) is 2.58. The van der Waals surface area contributed by atoms with Gasteiger partial charge in [0.25, 0.3) is 5.69 Å². The molecule has 2 N–H and O–H groups in total. The predicted octanol–water partition coefficient (Wildman–Crippen LogP) is 1.86. The van der Waals surface area contributed by atoms with Crippen LogP contribution in [0.2, 0.25) is 5.02 Å². The van der Waals surface area contributed by atoms with Gasteiger partial charge in [0.1, 0.15) is 0 Å². The molecule has 0 aliphatic heterocycles. The van der Waals surface area contributed by atoms with Crippen molar-refractivity contribution in [1.29, 1.82) is 0 Å². The third kappa shape index (κ3) is 4.50. The van der Waals surface area contributed by atoms with E-state index < -0.39 is 11.0 Å². The van der Waals surface area contributed by atoms with Crippen molar-refractivity contribution in [3.8, 4) is 0 Å². The van der Waals surface area contributed by atoms with Crippen molar-refractivity contribution in [2.75, 3.05) is 6.54 Å². The lowest BCUT2D eigenvalue weighted by molar-refractivity contribution is -0.384. The minimum Gasteiger partial charge on any atom is -0.355 e. The van der Waals surface area contributed by atoms with Gasteiger partial charge >= 0.3 is 0 Å². The molecule has 0 fully saturated rings. The second-order valence-corrected chi connectivity index (χ2v) is 4.44. The van der Waals surface area contributed by atoms with Gasteiger partial charge in [0.05, 0.1) is 11.0 Å². The number of nitrogens with zero attached hydrogens (tertiary/aromatic N) is 1. The maximum Gasteiger partial charge on any atom is 0.269 e. The molecule has 1 amide bonds. The summed E-state index contributed by atoms with van der Waals surface area (Å²) < 4.78 is 0. The van der Waals surface area contributed by atoms with Crippen molar-refractivity contribution in [1.82, 2.24) is 10.6 Å². The molecule has 0 aliphatic carbocycles. The highest BCUT2D eigenvalue weighted by atomic mass is 35.5. The lowest BCUT2D eigenvalue weighted by Gasteiger charge is -2.13. The molecule has 1 aromatic rings. The molecule has 6 nitrogen and oxygen atoms in total. The Labute approximate surface area is 116 Å². The van der Waals surface area contributed by atoms with E-state index in [0.29, 0.717) is 23.7 Å². The van der Waals surface area contributed by atoms with E-state index in [1.54, 1.807) is 6.92 Å². The van der Waals surface area contributed by atoms with Crippen LogP contribution in [0.5, 0.6) is 0 Å². The first-order valence-electron chi connectivity index (χ1n) is 5.89. The molecular formula is C12H16ClN3O3. The van der Waals surface area contributed by atoms with Gasteiger partial charge in [0.2, 0.25) is 5.91 Å². The van der Waals surface area contributed by atoms with Crippen LogP contribution in [0.1, 0.15) is 19.4 Å². The molecule has 1 atom stereocenters. The highest BCUT2D eigenvalue weighted by Gasteiger charge is 2.13. The molecule has 0 aromatic heterocycles. The van der Waals surface area contributed by atoms with Crippen molar-refractivity contribution in [2.45, 2.75) is 26.4 Å². The molecule has 0 saturated carbocycles. The molecule has 19 heavy (non-hydrogen) atoms. The smallest absolute Gasteiger partial charge is 0.269 e. The number of carbonyl (C=O) groups is 1. The molecule has 1 rings (SSSR count). The zero-order valence-electron chi connectivity index (χ0n) is 10.8. The lowest BCUT2D eigenvalue weighted by Crippen LogP contribution is -2.41. The van der Waals surface area contributed by atoms with Crippen LogP contribution in [0.4, 0.5) is 5.69 Å². The summed E-state index contributed by atoms with van der Waals surface area (Å²) in [4.78, 5) is 21.7. The molecule has 0 spiro atoms. The number of nitro groups is 1. The number of benzene rings is 1. The van der Waals surface area contributed by atoms with Gasteiger partial charge in [-0.1, -0.05) is 11.6 Å². The lowest BCUT2D eigenvalue weighted by atomic mass is 10.2. The van der Waals surface area contributed by atoms with Crippen molar-refractivity contribution in [2.24, 2.45) is 0 Å². The summed E-state index contributed by atoms with van der Waals surface area (Å²) in [6.45, 7) is 4.40. The Morgan fingerprint density at radius 1 is 1.53 bits per heavy atom. The number of hydrogen-bond donors (Lipinski definition) is 2. The van der Waals surface area contributed by atoms with Crippen LogP contribution in [-0.4, -0.2) is 23.4 Å². The molecule has 1 unspecified atom stereocenters. The van der Waals surface area contributed by atoms with Crippen LogP contribution in [-0.2, 0) is 11.3 Å². The van der Waals surface area contributed by atoms with E-state index in [1.165, 1.54) is 18.2 Å². The van der Waals surface area contributed by atoms with E-state index in [2.05, 4.69) is 10.6 Å². The number of amides is 1. The van der Waals surface area contributed by atoms with Crippen molar-refractivity contribution < 1.29 is 9.72 Å². The number of hydrogen-bond acceptors (Lipinski definition) is 4. The number of non-ortho nitro benzene ring substituents is 1. The Morgan fingerprint density at radius 2 is 2.21 bits per heavy atom. The Hall–Kier alpha value is -1.66. The maximum absolute atomic E-state index is 11.5. The minimum absolute atomic E-state index is 0.0214. The maximum atomic E-state index is 11.5. The SMILES string of the molecule is CCNC(=O)C(C)NCc1cc([N+](=O)[O-])ccc1Cl. The molecule has 0 radical (unpaired) electrons. The van der Waals surface area contributed by atoms with Gasteiger partial charge in [0, 0.05) is 30.2 Å². The summed E-state index contributed by atoms with van der Waals surface area (Å²) >= 11 is 5.96. The van der Waals surface area contributed by atoms with Gasteiger partial charge in [-0.05, 0) is 25.5 Å². The van der Waals surface area contributed by atoms with E-state index >= 15 is 0 Å². The fraction of sp³-hybridized carbons (Fsp3) is 0.417. The van der Waals surface area contributed by atoms with Gasteiger partial charge in [-0.15, -0.1) is 0 Å². The quantitative estimate of drug-likeness (QED) is 0.617. The Balaban J connectivity index is 2.69. The second kappa shape index (κ2) is 7.06. The summed E-state index contributed by atoms with van der Waals surface area (Å²) in [5, 5.41) is 16.8. The van der Waals surface area contributed by atoms with E-state index in [4.69, 9.17) is 11.6 Å². The summed E-state index contributed by atoms with van der Waals surface area (Å²) in [5.74, 6) is -0.121. The summed E-state index contributed by atoms with van der Waals surface area (Å²) in [6, 6.07) is 3.84. The van der Waals surface area contributed by atoms with Crippen LogP contribution >= 0.6 is 11.6 Å². The van der Waals surface area contributed by atoms with Crippen molar-refractivity contribution >= 4 is 23.2 Å². The highest BCUT2D eigenvalue weighted by Crippen LogP contribution is 2.21. The standard InChI is InChI=1S/C12H16ClN3O3/c1-3-14-12(17)8(2)15-7-9-6-10(16(18)19)4-5-11(9)13/h4-6,8,15H,3,7H2,1-2H3,(H,14,17). The van der Waals surface area contributed by atoms with Gasteiger partial charge in [-0.3, -0.25) is 14.9 Å². The molecule has 0 aliphatic rings. The van der Waals surface area contributed by atoms with Crippen LogP contribution < -0.4 is 10.6 Å². The van der Waals surface area contributed by atoms with Crippen molar-refractivity contribution in [3.05, 3.63) is 38.9 Å². The predicted molar refractivity (Wildman–Crippen MR) is 73.1 cm³/mol. The summed E-state index contributed by atoms with van der Waals surface area (Å²) in [5.41, 5.74) is 0.568. The molecule has 7 heteroatoms. The van der Waals surface area contributed by atoms with Crippen LogP contribution in [0.15, 0.2) is 18.2 Å². The minimum atomic E-state index is -0.479. The fourth-order valence-electron chi connectivity index (χ4n) is 1.49. The Kier molecular flexibility index (Phi) is 5.72. The Morgan fingerprint density at radius 3 is 2.79 bits per heavy atom. The summed E-state index contributed by atoms with van der Waals surface area (Å²) in [6.07, 6.45) is 0. The number of carbonyl (C=O) groups excluding carboxylic acids is 1. The third-order valence-corrected chi connectivity index (χ3v) is 2.95. The average Bonchev–Trinajstić information content (AvgIpc) is 2.37. The first kappa shape index (κ1) is 15.4. The molecule has 104 valence electrons. The first-order chi connectivity index (χ1) is 8.95. The second-order valence-electron chi connectivity index (χ2n) is 4.03. The molecule has 0 heterocycles. The highest BCUT2D eigenvalue weighted by molar-refractivity contribution is 6.31. The van der Waals surface area contributed by atoms with Crippen LogP contribution in [0.3, 0.4) is 0 Å². The zero-order valence-corrected chi connectivity index (χ0v) is 11.5. The van der Waals surface area contributed by atoms with E-state index in [9.17, 15) is 14.9 Å². The number of likely N-dealkylation sites (N-methyl/N-ethyl adjacent to an activating group) is 1. The van der Waals surface area contributed by atoms with Crippen LogP contribution in [0.25, 0.3) is 0 Å². The molecule has 0 bridgehead atoms.